The van der Waals surface area contributed by atoms with Crippen molar-refractivity contribution in [2.24, 2.45) is 4.99 Å². The monoisotopic (exact) mass is 344 g/mol. The normalized spacial score (nSPS) is 23.5. The molecule has 2 aliphatic rings. The number of nitrogens with one attached hydrogen (secondary N) is 2. The van der Waals surface area contributed by atoms with Crippen LogP contribution < -0.4 is 15.5 Å². The van der Waals surface area contributed by atoms with Crippen LogP contribution in [0.4, 0.5) is 5.69 Å². The molecule has 1 atom stereocenters. The minimum Gasteiger partial charge on any atom is -0.374 e. The molecule has 1 fully saturated rings. The van der Waals surface area contributed by atoms with Gasteiger partial charge in [0.15, 0.2) is 5.96 Å². The van der Waals surface area contributed by atoms with Crippen LogP contribution >= 0.6 is 0 Å². The number of rotatable bonds is 5. The zero-order valence-electron chi connectivity index (χ0n) is 15.9. The molecule has 1 aromatic rings. The van der Waals surface area contributed by atoms with Crippen LogP contribution in [0.1, 0.15) is 44.2 Å². The molecular weight excluding hydrogens is 312 g/mol. The third-order valence-electron chi connectivity index (χ3n) is 5.19. The van der Waals surface area contributed by atoms with E-state index in [0.29, 0.717) is 6.54 Å². The number of fused-ring (bicyclic) bond motifs is 1. The van der Waals surface area contributed by atoms with Crippen molar-refractivity contribution in [2.45, 2.75) is 51.7 Å². The van der Waals surface area contributed by atoms with Crippen LogP contribution in [-0.4, -0.2) is 44.8 Å². The van der Waals surface area contributed by atoms with E-state index in [0.717, 1.165) is 45.0 Å². The summed E-state index contributed by atoms with van der Waals surface area (Å²) >= 11 is 0. The summed E-state index contributed by atoms with van der Waals surface area (Å²) in [6, 6.07) is 6.77. The highest BCUT2D eigenvalue weighted by molar-refractivity contribution is 5.79. The molecule has 5 nitrogen and oxygen atoms in total. The Morgan fingerprint density at radius 1 is 1.32 bits per heavy atom. The molecule has 2 N–H and O–H groups in total. The molecule has 1 saturated heterocycles. The van der Waals surface area contributed by atoms with Crippen LogP contribution in [0.3, 0.4) is 0 Å². The second kappa shape index (κ2) is 8.09. The zero-order chi connectivity index (χ0) is 17.7. The Kier molecular flexibility index (Phi) is 5.84. The first-order valence-electron chi connectivity index (χ1n) is 9.59. The third kappa shape index (κ3) is 4.66. The van der Waals surface area contributed by atoms with Gasteiger partial charge in [0.25, 0.3) is 0 Å². The van der Waals surface area contributed by atoms with Gasteiger partial charge < -0.3 is 20.3 Å². The fourth-order valence-electron chi connectivity index (χ4n) is 3.70. The van der Waals surface area contributed by atoms with Gasteiger partial charge in [-0.2, -0.15) is 0 Å². The molecule has 0 spiro atoms. The van der Waals surface area contributed by atoms with Crippen molar-refractivity contribution in [1.29, 1.82) is 0 Å². The molecular formula is C20H32N4O. The Morgan fingerprint density at radius 3 is 2.96 bits per heavy atom. The Balaban J connectivity index is 1.63. The van der Waals surface area contributed by atoms with Crippen LogP contribution in [0.15, 0.2) is 23.2 Å². The number of ether oxygens (including phenoxy) is 1. The first kappa shape index (κ1) is 18.1. The highest BCUT2D eigenvalue weighted by Crippen LogP contribution is 2.27. The van der Waals surface area contributed by atoms with Gasteiger partial charge >= 0.3 is 0 Å². The molecule has 1 unspecified atom stereocenters. The van der Waals surface area contributed by atoms with E-state index >= 15 is 0 Å². The third-order valence-corrected chi connectivity index (χ3v) is 5.19. The highest BCUT2D eigenvalue weighted by atomic mass is 16.5. The largest absolute Gasteiger partial charge is 0.374 e. The van der Waals surface area contributed by atoms with Gasteiger partial charge in [-0.05, 0) is 56.7 Å². The molecule has 0 saturated carbocycles. The first-order valence-corrected chi connectivity index (χ1v) is 9.59. The summed E-state index contributed by atoms with van der Waals surface area (Å²) in [5, 5.41) is 6.79. The summed E-state index contributed by atoms with van der Waals surface area (Å²) in [4.78, 5) is 7.12. The lowest BCUT2D eigenvalue weighted by Crippen LogP contribution is -2.45. The maximum absolute atomic E-state index is 5.85. The lowest BCUT2D eigenvalue weighted by Gasteiger charge is -2.27. The number of aryl methyl sites for hydroxylation is 1. The Labute approximate surface area is 151 Å². The molecule has 0 amide bonds. The lowest BCUT2D eigenvalue weighted by atomic mass is 10.00. The van der Waals surface area contributed by atoms with E-state index in [4.69, 9.17) is 9.73 Å². The standard InChI is InChI=1S/C20H32N4O/c1-4-21-19(23-15-20(2)10-6-12-25-20)22-14-16-8-9-18-17(13-16)7-5-11-24(18)3/h8-9,13H,4-7,10-12,14-15H2,1-3H3,(H2,21,22,23). The van der Waals surface area contributed by atoms with Gasteiger partial charge in [0, 0.05) is 39.0 Å². The molecule has 2 aliphatic heterocycles. The molecule has 25 heavy (non-hydrogen) atoms. The second-order valence-electron chi connectivity index (χ2n) is 7.44. The fraction of sp³-hybridized carbons (Fsp3) is 0.650. The molecule has 0 radical (unpaired) electrons. The van der Waals surface area contributed by atoms with Crippen LogP contribution in [0, 0.1) is 0 Å². The van der Waals surface area contributed by atoms with E-state index in [1.165, 1.54) is 29.7 Å². The van der Waals surface area contributed by atoms with E-state index in [1.54, 1.807) is 0 Å². The van der Waals surface area contributed by atoms with E-state index < -0.39 is 0 Å². The highest BCUT2D eigenvalue weighted by Gasteiger charge is 2.29. The van der Waals surface area contributed by atoms with Crippen molar-refractivity contribution in [2.75, 3.05) is 38.2 Å². The van der Waals surface area contributed by atoms with Crippen LogP contribution in [-0.2, 0) is 17.7 Å². The predicted molar refractivity (Wildman–Crippen MR) is 104 cm³/mol. The van der Waals surface area contributed by atoms with Crippen molar-refractivity contribution in [3.8, 4) is 0 Å². The SMILES string of the molecule is CCNC(=NCc1ccc2c(c1)CCCN2C)NCC1(C)CCCO1. The van der Waals surface area contributed by atoms with Crippen molar-refractivity contribution >= 4 is 11.6 Å². The molecule has 2 heterocycles. The van der Waals surface area contributed by atoms with Crippen LogP contribution in [0.25, 0.3) is 0 Å². The molecule has 1 aromatic carbocycles. The average molecular weight is 345 g/mol. The van der Waals surface area contributed by atoms with Gasteiger partial charge in [0.05, 0.1) is 12.1 Å². The molecule has 0 aromatic heterocycles. The first-order chi connectivity index (χ1) is 12.1. The van der Waals surface area contributed by atoms with Crippen molar-refractivity contribution in [1.82, 2.24) is 10.6 Å². The van der Waals surface area contributed by atoms with Gasteiger partial charge in [-0.3, -0.25) is 0 Å². The van der Waals surface area contributed by atoms with E-state index in [9.17, 15) is 0 Å². The van der Waals surface area contributed by atoms with Crippen molar-refractivity contribution in [3.05, 3.63) is 29.3 Å². The van der Waals surface area contributed by atoms with E-state index in [2.05, 4.69) is 54.6 Å². The maximum Gasteiger partial charge on any atom is 0.191 e. The van der Waals surface area contributed by atoms with E-state index in [-0.39, 0.29) is 5.60 Å². The van der Waals surface area contributed by atoms with Gasteiger partial charge in [-0.15, -0.1) is 0 Å². The topological polar surface area (TPSA) is 48.9 Å². The summed E-state index contributed by atoms with van der Waals surface area (Å²) in [5.74, 6) is 0.870. The average Bonchev–Trinajstić information content (AvgIpc) is 3.04. The number of hydrogen-bond acceptors (Lipinski definition) is 3. The molecule has 0 bridgehead atoms. The van der Waals surface area contributed by atoms with Crippen molar-refractivity contribution in [3.63, 3.8) is 0 Å². The smallest absolute Gasteiger partial charge is 0.191 e. The minimum atomic E-state index is -0.0629. The number of aliphatic imine (C=N–C) groups is 1. The lowest BCUT2D eigenvalue weighted by molar-refractivity contribution is 0.0243. The van der Waals surface area contributed by atoms with E-state index in [1.807, 2.05) is 0 Å². The Morgan fingerprint density at radius 2 is 2.20 bits per heavy atom. The van der Waals surface area contributed by atoms with Gasteiger partial charge in [0.2, 0.25) is 0 Å². The number of anilines is 1. The second-order valence-corrected chi connectivity index (χ2v) is 7.44. The number of guanidine groups is 1. The van der Waals surface area contributed by atoms with Gasteiger partial charge in [-0.25, -0.2) is 4.99 Å². The van der Waals surface area contributed by atoms with Crippen LogP contribution in [0.5, 0.6) is 0 Å². The summed E-state index contributed by atoms with van der Waals surface area (Å²) in [6.07, 6.45) is 4.66. The minimum absolute atomic E-state index is 0.0629. The maximum atomic E-state index is 5.85. The fourth-order valence-corrected chi connectivity index (χ4v) is 3.70. The summed E-state index contributed by atoms with van der Waals surface area (Å²) in [7, 11) is 2.18. The van der Waals surface area contributed by atoms with Gasteiger partial charge in [0.1, 0.15) is 0 Å². The molecule has 3 rings (SSSR count). The molecule has 138 valence electrons. The Bertz CT molecular complexity index is 608. The predicted octanol–water partition coefficient (Wildman–Crippen LogP) is 2.69. The molecule has 5 heteroatoms. The molecule has 0 aliphatic carbocycles. The van der Waals surface area contributed by atoms with Crippen LogP contribution in [0.2, 0.25) is 0 Å². The van der Waals surface area contributed by atoms with Crippen molar-refractivity contribution < 1.29 is 4.74 Å². The zero-order valence-corrected chi connectivity index (χ0v) is 15.9. The van der Waals surface area contributed by atoms with Gasteiger partial charge in [-0.1, -0.05) is 12.1 Å². The number of benzene rings is 1. The number of hydrogen-bond donors (Lipinski definition) is 2. The summed E-state index contributed by atoms with van der Waals surface area (Å²) in [6.45, 7) is 8.65. The summed E-state index contributed by atoms with van der Waals surface area (Å²) < 4.78 is 5.85. The quantitative estimate of drug-likeness (QED) is 0.637. The number of nitrogens with zero attached hydrogens (tertiary/aromatic N) is 2. The summed E-state index contributed by atoms with van der Waals surface area (Å²) in [5.41, 5.74) is 4.03. The Hall–Kier alpha value is -1.75.